The van der Waals surface area contributed by atoms with Crippen LogP contribution in [0.15, 0.2) is 47.3 Å². The molecule has 0 saturated heterocycles. The summed E-state index contributed by atoms with van der Waals surface area (Å²) in [6, 6.07) is 6.26. The molecule has 0 aliphatic carbocycles. The highest BCUT2D eigenvalue weighted by molar-refractivity contribution is 5.60. The van der Waals surface area contributed by atoms with Crippen molar-refractivity contribution in [2.24, 2.45) is 0 Å². The van der Waals surface area contributed by atoms with E-state index in [-0.39, 0.29) is 5.82 Å². The highest BCUT2D eigenvalue weighted by Gasteiger charge is 2.07. The number of benzene rings is 1. The van der Waals surface area contributed by atoms with Crippen LogP contribution in [0.2, 0.25) is 0 Å². The van der Waals surface area contributed by atoms with Gasteiger partial charge in [-0.15, -0.1) is 0 Å². The van der Waals surface area contributed by atoms with Crippen LogP contribution in [-0.4, -0.2) is 9.38 Å². The third-order valence-electron chi connectivity index (χ3n) is 2.28. The molecule has 3 aromatic rings. The Balaban J connectivity index is 2.21. The summed E-state index contributed by atoms with van der Waals surface area (Å²) in [6.07, 6.45) is 5.07. The zero-order chi connectivity index (χ0) is 10.3. The Morgan fingerprint density at radius 1 is 1.20 bits per heavy atom. The molecule has 0 amide bonds. The fourth-order valence-electron chi connectivity index (χ4n) is 1.55. The van der Waals surface area contributed by atoms with Gasteiger partial charge in [0.2, 0.25) is 0 Å². The number of fused-ring (bicyclic) bond motifs is 1. The summed E-state index contributed by atoms with van der Waals surface area (Å²) in [4.78, 5) is 4.00. The Morgan fingerprint density at radius 3 is 2.80 bits per heavy atom. The highest BCUT2D eigenvalue weighted by Crippen LogP contribution is 2.21. The maximum atomic E-state index is 12.7. The Hall–Kier alpha value is -2.10. The van der Waals surface area contributed by atoms with E-state index in [2.05, 4.69) is 4.98 Å². The fraction of sp³-hybridized carbons (Fsp3) is 0. The van der Waals surface area contributed by atoms with E-state index in [1.54, 1.807) is 30.8 Å². The second-order valence-electron chi connectivity index (χ2n) is 3.21. The summed E-state index contributed by atoms with van der Waals surface area (Å²) in [5.41, 5.74) is 1.76. The van der Waals surface area contributed by atoms with Crippen molar-refractivity contribution in [1.29, 1.82) is 0 Å². The molecule has 0 unspecified atom stereocenters. The Morgan fingerprint density at radius 2 is 2.00 bits per heavy atom. The first kappa shape index (κ1) is 8.23. The Labute approximate surface area is 84.8 Å². The average Bonchev–Trinajstić information content (AvgIpc) is 2.80. The van der Waals surface area contributed by atoms with Crippen LogP contribution in [0.25, 0.3) is 17.1 Å². The van der Waals surface area contributed by atoms with Crippen LogP contribution in [0.5, 0.6) is 0 Å². The smallest absolute Gasteiger partial charge is 0.306 e. The molecule has 0 radical (unpaired) electrons. The Kier molecular flexibility index (Phi) is 1.62. The summed E-state index contributed by atoms with van der Waals surface area (Å²) in [7, 11) is 0. The summed E-state index contributed by atoms with van der Waals surface area (Å²) in [5, 5.41) is 0. The fourth-order valence-corrected chi connectivity index (χ4v) is 1.55. The molecule has 74 valence electrons. The van der Waals surface area contributed by atoms with E-state index in [1.807, 2.05) is 4.40 Å². The number of imidazole rings is 1. The van der Waals surface area contributed by atoms with Crippen LogP contribution in [-0.2, 0) is 0 Å². The van der Waals surface area contributed by atoms with Gasteiger partial charge in [0.25, 0.3) is 0 Å². The van der Waals surface area contributed by atoms with Crippen molar-refractivity contribution in [3.05, 3.63) is 48.7 Å². The molecule has 0 spiro atoms. The van der Waals surface area contributed by atoms with Gasteiger partial charge in [0.05, 0.1) is 5.69 Å². The first-order valence-electron chi connectivity index (χ1n) is 4.51. The minimum Gasteiger partial charge on any atom is -0.431 e. The zero-order valence-electron chi connectivity index (χ0n) is 7.72. The third kappa shape index (κ3) is 1.22. The monoisotopic (exact) mass is 202 g/mol. The van der Waals surface area contributed by atoms with E-state index in [4.69, 9.17) is 4.42 Å². The number of rotatable bonds is 1. The van der Waals surface area contributed by atoms with Gasteiger partial charge in [-0.2, -0.15) is 0 Å². The lowest BCUT2D eigenvalue weighted by Crippen LogP contribution is -1.83. The molecule has 0 aliphatic rings. The van der Waals surface area contributed by atoms with Gasteiger partial charge in [-0.3, -0.25) is 4.40 Å². The van der Waals surface area contributed by atoms with Gasteiger partial charge in [-0.25, -0.2) is 9.37 Å². The minimum absolute atomic E-state index is 0.246. The lowest BCUT2D eigenvalue weighted by Gasteiger charge is -1.97. The van der Waals surface area contributed by atoms with Gasteiger partial charge in [0, 0.05) is 18.0 Å². The van der Waals surface area contributed by atoms with Crippen molar-refractivity contribution in [2.75, 3.05) is 0 Å². The average molecular weight is 202 g/mol. The quantitative estimate of drug-likeness (QED) is 0.607. The number of halogens is 1. The van der Waals surface area contributed by atoms with Crippen molar-refractivity contribution in [3.8, 4) is 11.3 Å². The molecule has 2 aromatic heterocycles. The van der Waals surface area contributed by atoms with E-state index in [1.165, 1.54) is 12.1 Å². The van der Waals surface area contributed by atoms with Crippen LogP contribution < -0.4 is 0 Å². The molecule has 0 aliphatic heterocycles. The predicted molar refractivity (Wildman–Crippen MR) is 52.9 cm³/mol. The van der Waals surface area contributed by atoms with Gasteiger partial charge < -0.3 is 4.42 Å². The van der Waals surface area contributed by atoms with Gasteiger partial charge in [-0.05, 0) is 24.3 Å². The molecular formula is C11H7FN2O. The molecule has 2 heterocycles. The van der Waals surface area contributed by atoms with E-state index >= 15 is 0 Å². The standard InChI is InChI=1S/C11H7FN2O/c12-9-3-1-8(2-4-9)10-7-15-11-13-5-6-14(10)11/h1-7H. The van der Waals surface area contributed by atoms with Crippen molar-refractivity contribution < 1.29 is 8.81 Å². The summed E-state index contributed by atoms with van der Waals surface area (Å²) < 4.78 is 19.8. The van der Waals surface area contributed by atoms with Gasteiger partial charge >= 0.3 is 5.84 Å². The summed E-state index contributed by atoms with van der Waals surface area (Å²) in [6.45, 7) is 0. The van der Waals surface area contributed by atoms with Gasteiger partial charge in [0.1, 0.15) is 12.1 Å². The molecule has 15 heavy (non-hydrogen) atoms. The molecule has 0 fully saturated rings. The summed E-state index contributed by atoms with van der Waals surface area (Å²) in [5.74, 6) is 0.290. The number of hydrogen-bond donors (Lipinski definition) is 0. The van der Waals surface area contributed by atoms with Crippen molar-refractivity contribution >= 4 is 5.84 Å². The second-order valence-corrected chi connectivity index (χ2v) is 3.21. The van der Waals surface area contributed by atoms with Crippen LogP contribution >= 0.6 is 0 Å². The number of hydrogen-bond acceptors (Lipinski definition) is 2. The molecule has 4 heteroatoms. The van der Waals surface area contributed by atoms with Crippen LogP contribution in [0.1, 0.15) is 0 Å². The van der Waals surface area contributed by atoms with Gasteiger partial charge in [0.15, 0.2) is 0 Å². The largest absolute Gasteiger partial charge is 0.431 e. The second kappa shape index (κ2) is 2.95. The molecule has 3 nitrogen and oxygen atoms in total. The normalized spacial score (nSPS) is 11.0. The zero-order valence-corrected chi connectivity index (χ0v) is 7.72. The number of oxazole rings is 1. The maximum absolute atomic E-state index is 12.7. The molecular weight excluding hydrogens is 195 g/mol. The first-order chi connectivity index (χ1) is 7.34. The van der Waals surface area contributed by atoms with Crippen LogP contribution in [0.4, 0.5) is 4.39 Å². The first-order valence-corrected chi connectivity index (χ1v) is 4.51. The predicted octanol–water partition coefficient (Wildman–Crippen LogP) is 2.73. The van der Waals surface area contributed by atoms with E-state index in [0.29, 0.717) is 5.84 Å². The van der Waals surface area contributed by atoms with Crippen molar-refractivity contribution in [3.63, 3.8) is 0 Å². The molecule has 0 bridgehead atoms. The highest BCUT2D eigenvalue weighted by atomic mass is 19.1. The SMILES string of the molecule is Fc1ccc(-c2coc3nccn23)cc1. The number of nitrogens with zero attached hydrogens (tertiary/aromatic N) is 2. The molecule has 0 N–H and O–H groups in total. The lowest BCUT2D eigenvalue weighted by atomic mass is 10.2. The van der Waals surface area contributed by atoms with E-state index < -0.39 is 0 Å². The minimum atomic E-state index is -0.246. The van der Waals surface area contributed by atoms with Crippen molar-refractivity contribution in [1.82, 2.24) is 9.38 Å². The molecule has 0 saturated carbocycles. The van der Waals surface area contributed by atoms with E-state index in [9.17, 15) is 4.39 Å². The van der Waals surface area contributed by atoms with Gasteiger partial charge in [-0.1, -0.05) is 0 Å². The van der Waals surface area contributed by atoms with E-state index in [0.717, 1.165) is 11.3 Å². The van der Waals surface area contributed by atoms with Crippen molar-refractivity contribution in [2.45, 2.75) is 0 Å². The topological polar surface area (TPSA) is 30.4 Å². The number of aromatic nitrogens is 2. The van der Waals surface area contributed by atoms with Crippen LogP contribution in [0, 0.1) is 5.82 Å². The molecule has 1 aromatic carbocycles. The lowest BCUT2D eigenvalue weighted by molar-refractivity contribution is 0.596. The third-order valence-corrected chi connectivity index (χ3v) is 2.28. The summed E-state index contributed by atoms with van der Waals surface area (Å²) >= 11 is 0. The molecule has 3 rings (SSSR count). The Bertz CT molecular complexity index is 594. The van der Waals surface area contributed by atoms with Crippen LogP contribution in [0.3, 0.4) is 0 Å². The maximum Gasteiger partial charge on any atom is 0.306 e. The molecule has 0 atom stereocenters.